The molecular weight excluding hydrogens is 212 g/mol. The largest absolute Gasteiger partial charge is 0.334 e. The van der Waals surface area contributed by atoms with E-state index in [-0.39, 0.29) is 6.54 Å². The van der Waals surface area contributed by atoms with Crippen molar-refractivity contribution in [1.29, 1.82) is 0 Å². The van der Waals surface area contributed by atoms with Crippen LogP contribution in [0.25, 0.3) is 11.0 Å². The van der Waals surface area contributed by atoms with Gasteiger partial charge < -0.3 is 10.3 Å². The third-order valence-corrected chi connectivity index (χ3v) is 2.74. The second-order valence-corrected chi connectivity index (χ2v) is 3.78. The van der Waals surface area contributed by atoms with Crippen LogP contribution in [0.1, 0.15) is 11.5 Å². The molecule has 0 aliphatic rings. The van der Waals surface area contributed by atoms with Gasteiger partial charge in [-0.25, -0.2) is 13.8 Å². The van der Waals surface area contributed by atoms with Gasteiger partial charge in [-0.1, -0.05) is 6.07 Å². The number of aromatic nitrogens is 2. The fraction of sp³-hybridized carbons (Fsp3) is 0.364. The number of rotatable bonds is 3. The number of halogens is 2. The highest BCUT2D eigenvalue weighted by atomic mass is 19.3. The first-order valence-electron chi connectivity index (χ1n) is 5.02. The molecule has 5 heteroatoms. The molecule has 86 valence electrons. The van der Waals surface area contributed by atoms with Crippen LogP contribution in [-0.2, 0) is 7.05 Å². The van der Waals surface area contributed by atoms with E-state index in [2.05, 4.69) is 4.98 Å². The van der Waals surface area contributed by atoms with Crippen molar-refractivity contribution in [2.75, 3.05) is 6.54 Å². The van der Waals surface area contributed by atoms with Gasteiger partial charge in [-0.05, 0) is 17.7 Å². The predicted octanol–water partition coefficient (Wildman–Crippen LogP) is 1.88. The Hall–Kier alpha value is -1.49. The summed E-state index contributed by atoms with van der Waals surface area (Å²) in [5.74, 6) is -0.911. The summed E-state index contributed by atoms with van der Waals surface area (Å²) in [6.07, 6.45) is -0.778. The average Bonchev–Trinajstić information content (AvgIpc) is 2.61. The lowest BCUT2D eigenvalue weighted by molar-refractivity contribution is 0.117. The van der Waals surface area contributed by atoms with Gasteiger partial charge >= 0.3 is 0 Å². The molecule has 2 aromatic rings. The smallest absolute Gasteiger partial charge is 0.246 e. The lowest BCUT2D eigenvalue weighted by Gasteiger charge is -2.13. The molecule has 0 fully saturated rings. The Morgan fingerprint density at radius 3 is 2.81 bits per heavy atom. The van der Waals surface area contributed by atoms with Crippen molar-refractivity contribution in [3.05, 3.63) is 30.1 Å². The summed E-state index contributed by atoms with van der Waals surface area (Å²) in [5.41, 5.74) is 7.54. The quantitative estimate of drug-likeness (QED) is 0.866. The standard InChI is InChI=1S/C11H13F2N3/c1-16-6-15-9-4-7(2-3-10(9)16)8(5-14)11(12)13/h2-4,6,8,11H,5,14H2,1H3. The van der Waals surface area contributed by atoms with Gasteiger partial charge in [-0.15, -0.1) is 0 Å². The number of nitrogens with two attached hydrogens (primary N) is 1. The van der Waals surface area contributed by atoms with Crippen LogP contribution >= 0.6 is 0 Å². The SMILES string of the molecule is Cn1cnc2cc(C(CN)C(F)F)ccc21. The molecule has 0 radical (unpaired) electrons. The molecule has 1 heterocycles. The molecule has 0 spiro atoms. The van der Waals surface area contributed by atoms with E-state index in [4.69, 9.17) is 5.73 Å². The Labute approximate surface area is 91.9 Å². The Bertz CT molecular complexity index is 493. The minimum Gasteiger partial charge on any atom is -0.334 e. The zero-order valence-corrected chi connectivity index (χ0v) is 8.90. The van der Waals surface area contributed by atoms with E-state index in [1.165, 1.54) is 0 Å². The van der Waals surface area contributed by atoms with Gasteiger partial charge in [0, 0.05) is 13.6 Å². The molecule has 1 unspecified atom stereocenters. The van der Waals surface area contributed by atoms with Crippen LogP contribution in [0.15, 0.2) is 24.5 Å². The second-order valence-electron chi connectivity index (χ2n) is 3.78. The summed E-state index contributed by atoms with van der Waals surface area (Å²) in [6.45, 7) is -0.0595. The van der Waals surface area contributed by atoms with Crippen molar-refractivity contribution in [2.24, 2.45) is 12.8 Å². The first-order valence-corrected chi connectivity index (χ1v) is 5.02. The number of fused-ring (bicyclic) bond motifs is 1. The molecule has 0 amide bonds. The van der Waals surface area contributed by atoms with Crippen LogP contribution < -0.4 is 5.73 Å². The molecule has 1 aromatic heterocycles. The van der Waals surface area contributed by atoms with Crippen molar-refractivity contribution in [3.63, 3.8) is 0 Å². The van der Waals surface area contributed by atoms with Crippen molar-refractivity contribution >= 4 is 11.0 Å². The maximum Gasteiger partial charge on any atom is 0.246 e. The number of imidazole rings is 1. The van der Waals surface area contributed by atoms with Crippen LogP contribution in [0.5, 0.6) is 0 Å². The minimum absolute atomic E-state index is 0.0595. The van der Waals surface area contributed by atoms with E-state index >= 15 is 0 Å². The van der Waals surface area contributed by atoms with Crippen molar-refractivity contribution in [1.82, 2.24) is 9.55 Å². The third-order valence-electron chi connectivity index (χ3n) is 2.74. The van der Waals surface area contributed by atoms with Gasteiger partial charge in [0.05, 0.1) is 23.3 Å². The van der Waals surface area contributed by atoms with E-state index in [1.54, 1.807) is 24.5 Å². The highest BCUT2D eigenvalue weighted by Crippen LogP contribution is 2.25. The highest BCUT2D eigenvalue weighted by molar-refractivity contribution is 5.76. The summed E-state index contributed by atoms with van der Waals surface area (Å²) in [5, 5.41) is 0. The molecule has 16 heavy (non-hydrogen) atoms. The molecule has 1 aromatic carbocycles. The van der Waals surface area contributed by atoms with E-state index < -0.39 is 12.3 Å². The maximum atomic E-state index is 12.7. The lowest BCUT2D eigenvalue weighted by atomic mass is 9.99. The van der Waals surface area contributed by atoms with Gasteiger partial charge in [0.25, 0.3) is 0 Å². The molecule has 0 bridgehead atoms. The fourth-order valence-electron chi connectivity index (χ4n) is 1.77. The average molecular weight is 225 g/mol. The van der Waals surface area contributed by atoms with E-state index in [1.807, 2.05) is 11.6 Å². The van der Waals surface area contributed by atoms with Crippen LogP contribution in [0, 0.1) is 0 Å². The van der Waals surface area contributed by atoms with Crippen molar-refractivity contribution < 1.29 is 8.78 Å². The van der Waals surface area contributed by atoms with Gasteiger partial charge in [-0.2, -0.15) is 0 Å². The Balaban J connectivity index is 2.46. The molecule has 0 saturated heterocycles. The fourth-order valence-corrected chi connectivity index (χ4v) is 1.77. The molecule has 1 atom stereocenters. The monoisotopic (exact) mass is 225 g/mol. The van der Waals surface area contributed by atoms with Crippen LogP contribution in [-0.4, -0.2) is 22.5 Å². The van der Waals surface area contributed by atoms with Crippen LogP contribution in [0.3, 0.4) is 0 Å². The first-order chi connectivity index (χ1) is 7.63. The predicted molar refractivity (Wildman–Crippen MR) is 58.5 cm³/mol. The molecule has 0 saturated carbocycles. The summed E-state index contributed by atoms with van der Waals surface area (Å²) in [6, 6.07) is 5.16. The molecule has 2 rings (SSSR count). The Kier molecular flexibility index (Phi) is 2.87. The summed E-state index contributed by atoms with van der Waals surface area (Å²) in [4.78, 5) is 4.13. The Morgan fingerprint density at radius 1 is 1.44 bits per heavy atom. The molecule has 0 aliphatic carbocycles. The van der Waals surface area contributed by atoms with E-state index in [0.29, 0.717) is 5.56 Å². The summed E-state index contributed by atoms with van der Waals surface area (Å²) in [7, 11) is 1.86. The molecule has 0 aliphatic heterocycles. The second kappa shape index (κ2) is 4.17. The van der Waals surface area contributed by atoms with Crippen molar-refractivity contribution in [3.8, 4) is 0 Å². The third kappa shape index (κ3) is 1.78. The van der Waals surface area contributed by atoms with E-state index in [0.717, 1.165) is 11.0 Å². The van der Waals surface area contributed by atoms with Crippen molar-refractivity contribution in [2.45, 2.75) is 12.3 Å². The molecular formula is C11H13F2N3. The first kappa shape index (κ1) is 11.0. The van der Waals surface area contributed by atoms with Gasteiger partial charge in [-0.3, -0.25) is 0 Å². The topological polar surface area (TPSA) is 43.8 Å². The summed E-state index contributed by atoms with van der Waals surface area (Å²) >= 11 is 0. The number of aryl methyl sites for hydroxylation is 1. The van der Waals surface area contributed by atoms with Gasteiger partial charge in [0.1, 0.15) is 0 Å². The number of benzene rings is 1. The van der Waals surface area contributed by atoms with E-state index in [9.17, 15) is 8.78 Å². The number of hydrogen-bond acceptors (Lipinski definition) is 2. The Morgan fingerprint density at radius 2 is 2.19 bits per heavy atom. The zero-order valence-electron chi connectivity index (χ0n) is 8.90. The van der Waals surface area contributed by atoms with Crippen LogP contribution in [0.4, 0.5) is 8.78 Å². The van der Waals surface area contributed by atoms with Gasteiger partial charge in [0.2, 0.25) is 6.43 Å². The van der Waals surface area contributed by atoms with Gasteiger partial charge in [0.15, 0.2) is 0 Å². The molecule has 3 nitrogen and oxygen atoms in total. The van der Waals surface area contributed by atoms with Crippen LogP contribution in [0.2, 0.25) is 0 Å². The lowest BCUT2D eigenvalue weighted by Crippen LogP contribution is -2.19. The molecule has 2 N–H and O–H groups in total. The summed E-state index contributed by atoms with van der Waals surface area (Å²) < 4.78 is 27.2. The normalized spacial score (nSPS) is 13.6. The number of nitrogens with zero attached hydrogens (tertiary/aromatic N) is 2. The number of hydrogen-bond donors (Lipinski definition) is 1. The number of alkyl halides is 2. The highest BCUT2D eigenvalue weighted by Gasteiger charge is 2.21. The minimum atomic E-state index is -2.44. The zero-order chi connectivity index (χ0) is 11.7. The maximum absolute atomic E-state index is 12.7.